The lowest BCUT2D eigenvalue weighted by Gasteiger charge is -2.15. The van der Waals surface area contributed by atoms with Crippen LogP contribution < -0.4 is 5.32 Å². The Morgan fingerprint density at radius 1 is 0.554 bits per heavy atom. The van der Waals surface area contributed by atoms with E-state index in [4.69, 9.17) is 13.8 Å². The Balaban J connectivity index is 3.57. The van der Waals surface area contributed by atoms with Gasteiger partial charge in [0.1, 0.15) is 12.7 Å². The van der Waals surface area contributed by atoms with Gasteiger partial charge in [-0.25, -0.2) is 4.57 Å². The van der Waals surface area contributed by atoms with Crippen molar-refractivity contribution in [3.8, 4) is 0 Å². The Morgan fingerprint density at radius 2 is 0.964 bits per heavy atom. The monoisotopic (exact) mass is 812 g/mol. The molecule has 0 aliphatic carbocycles. The van der Waals surface area contributed by atoms with Gasteiger partial charge in [0.05, 0.1) is 13.2 Å². The number of phosphoric ester groups is 1. The minimum absolute atomic E-state index is 0.0837. The summed E-state index contributed by atoms with van der Waals surface area (Å²) >= 11 is 0. The lowest BCUT2D eigenvalue weighted by Crippen LogP contribution is -2.27. The second kappa shape index (κ2) is 42.8. The van der Waals surface area contributed by atoms with Crippen LogP contribution in [-0.2, 0) is 27.9 Å². The number of aliphatic hydroxyl groups excluding tert-OH is 1. The average molecular weight is 812 g/mol. The summed E-state index contributed by atoms with van der Waals surface area (Å²) in [5.74, 6) is -0.516. The van der Waals surface area contributed by atoms with Gasteiger partial charge in [0.25, 0.3) is 0 Å². The van der Waals surface area contributed by atoms with Crippen LogP contribution in [0.5, 0.6) is 0 Å². The molecule has 0 fully saturated rings. The zero-order chi connectivity index (χ0) is 41.1. The molecule has 2 unspecified atom stereocenters. The molecule has 0 aromatic carbocycles. The molecule has 0 aromatic rings. The Hall–Kier alpha value is -1.77. The maximum absolute atomic E-state index is 12.1. The number of unbranched alkanes of at least 4 members (excludes halogenated alkanes) is 24. The molecule has 0 saturated carbocycles. The first-order valence-corrected chi connectivity index (χ1v) is 24.5. The zero-order valence-electron chi connectivity index (χ0n) is 36.1. The van der Waals surface area contributed by atoms with Crippen molar-refractivity contribution in [2.75, 3.05) is 26.4 Å². The van der Waals surface area contributed by atoms with Gasteiger partial charge in [-0.3, -0.25) is 18.6 Å². The third kappa shape index (κ3) is 43.4. The Labute approximate surface area is 343 Å². The number of amides is 1. The molecule has 1 amide bonds. The molecule has 9 nitrogen and oxygen atoms in total. The second-order valence-electron chi connectivity index (χ2n) is 15.4. The molecule has 0 aliphatic heterocycles. The van der Waals surface area contributed by atoms with Crippen molar-refractivity contribution in [2.45, 2.75) is 219 Å². The predicted octanol–water partition coefficient (Wildman–Crippen LogP) is 12.9. The van der Waals surface area contributed by atoms with Crippen molar-refractivity contribution in [3.63, 3.8) is 0 Å². The van der Waals surface area contributed by atoms with Gasteiger partial charge in [-0.1, -0.05) is 185 Å². The molecule has 0 heterocycles. The second-order valence-corrected chi connectivity index (χ2v) is 16.8. The maximum atomic E-state index is 12.1. The quantitative estimate of drug-likeness (QED) is 0.0240. The molecule has 0 aliphatic rings. The van der Waals surface area contributed by atoms with E-state index in [1.807, 2.05) is 0 Å². The lowest BCUT2D eigenvalue weighted by atomic mass is 10.0. The van der Waals surface area contributed by atoms with Crippen molar-refractivity contribution in [3.05, 3.63) is 36.5 Å². The summed E-state index contributed by atoms with van der Waals surface area (Å²) in [6, 6.07) is 0. The molecule has 2 atom stereocenters. The summed E-state index contributed by atoms with van der Waals surface area (Å²) in [5.41, 5.74) is 0. The summed E-state index contributed by atoms with van der Waals surface area (Å²) < 4.78 is 26.9. The van der Waals surface area contributed by atoms with Crippen LogP contribution >= 0.6 is 7.82 Å². The molecule has 10 heteroatoms. The summed E-state index contributed by atoms with van der Waals surface area (Å²) in [6.07, 6.45) is 47.9. The van der Waals surface area contributed by atoms with Crippen LogP contribution in [-0.4, -0.2) is 54.3 Å². The van der Waals surface area contributed by atoms with Crippen molar-refractivity contribution in [1.82, 2.24) is 5.32 Å². The highest BCUT2D eigenvalue weighted by Gasteiger charge is 2.23. The third-order valence-corrected chi connectivity index (χ3v) is 10.8. The summed E-state index contributed by atoms with van der Waals surface area (Å²) in [6.45, 7) is 3.53. The number of nitrogens with one attached hydrogen (secondary N) is 1. The van der Waals surface area contributed by atoms with E-state index in [0.29, 0.717) is 6.42 Å². The fourth-order valence-electron chi connectivity index (χ4n) is 6.33. The highest BCUT2D eigenvalue weighted by Crippen LogP contribution is 2.42. The average Bonchev–Trinajstić information content (AvgIpc) is 3.18. The van der Waals surface area contributed by atoms with E-state index in [9.17, 15) is 24.2 Å². The van der Waals surface area contributed by atoms with Crippen LogP contribution in [0.15, 0.2) is 36.5 Å². The van der Waals surface area contributed by atoms with E-state index < -0.39 is 26.5 Å². The number of carbonyl (C=O) groups excluding carboxylic acids is 2. The maximum Gasteiger partial charge on any atom is 0.472 e. The first-order valence-electron chi connectivity index (χ1n) is 23.0. The highest BCUT2D eigenvalue weighted by atomic mass is 31.2. The molecule has 0 spiro atoms. The van der Waals surface area contributed by atoms with E-state index in [-0.39, 0.29) is 32.1 Å². The van der Waals surface area contributed by atoms with Crippen LogP contribution in [0.3, 0.4) is 0 Å². The number of phosphoric acid groups is 1. The smallest absolute Gasteiger partial charge is 0.463 e. The van der Waals surface area contributed by atoms with Gasteiger partial charge < -0.3 is 20.1 Å². The number of allylic oxidation sites excluding steroid dienone is 6. The van der Waals surface area contributed by atoms with Gasteiger partial charge in [-0.15, -0.1) is 0 Å². The van der Waals surface area contributed by atoms with E-state index >= 15 is 0 Å². The van der Waals surface area contributed by atoms with Crippen molar-refractivity contribution in [1.29, 1.82) is 0 Å². The molecular formula is C46H86NO8P. The van der Waals surface area contributed by atoms with Gasteiger partial charge in [0.15, 0.2) is 0 Å². The Bertz CT molecular complexity index is 1020. The number of hydrogen-bond donors (Lipinski definition) is 3. The molecule has 56 heavy (non-hydrogen) atoms. The van der Waals surface area contributed by atoms with Crippen molar-refractivity contribution in [2.24, 2.45) is 0 Å². The topological polar surface area (TPSA) is 131 Å². The van der Waals surface area contributed by atoms with Crippen LogP contribution in [0.4, 0.5) is 0 Å². The largest absolute Gasteiger partial charge is 0.472 e. The summed E-state index contributed by atoms with van der Waals surface area (Å²) in [4.78, 5) is 33.9. The summed E-state index contributed by atoms with van der Waals surface area (Å²) in [5, 5.41) is 12.7. The van der Waals surface area contributed by atoms with Crippen molar-refractivity contribution < 1.29 is 37.9 Å². The zero-order valence-corrected chi connectivity index (χ0v) is 37.0. The molecule has 0 aromatic heterocycles. The number of hydrogen-bond acceptors (Lipinski definition) is 7. The van der Waals surface area contributed by atoms with E-state index in [1.54, 1.807) is 0 Å². The lowest BCUT2D eigenvalue weighted by molar-refractivity contribution is -0.147. The van der Waals surface area contributed by atoms with Crippen LogP contribution in [0, 0.1) is 0 Å². The van der Waals surface area contributed by atoms with Gasteiger partial charge in [-0.05, 0) is 51.4 Å². The Kier molecular flexibility index (Phi) is 41.5. The molecule has 328 valence electrons. The van der Waals surface area contributed by atoms with Gasteiger partial charge in [0.2, 0.25) is 5.91 Å². The molecule has 3 N–H and O–H groups in total. The predicted molar refractivity (Wildman–Crippen MR) is 234 cm³/mol. The molecule has 0 bridgehead atoms. The number of ether oxygens (including phenoxy) is 1. The number of carbonyl (C=O) groups is 2. The van der Waals surface area contributed by atoms with Crippen molar-refractivity contribution >= 4 is 19.7 Å². The number of aliphatic hydroxyl groups is 1. The molecular weight excluding hydrogens is 725 g/mol. The SMILES string of the molecule is CCCCC/C=C\C/C=C\C/C=C\CCCCCCCCCCCCC(=O)OCC(O)COP(=O)(O)OCCNC(=O)CCCCCCCCCCCCCC. The molecule has 0 radical (unpaired) electrons. The van der Waals surface area contributed by atoms with Gasteiger partial charge >= 0.3 is 13.8 Å². The van der Waals surface area contributed by atoms with Crippen LogP contribution in [0.25, 0.3) is 0 Å². The minimum atomic E-state index is -4.41. The molecule has 0 rings (SSSR count). The normalized spacial score (nSPS) is 13.6. The third-order valence-electron chi connectivity index (χ3n) is 9.82. The van der Waals surface area contributed by atoms with Gasteiger partial charge in [-0.2, -0.15) is 0 Å². The van der Waals surface area contributed by atoms with E-state index in [2.05, 4.69) is 55.6 Å². The van der Waals surface area contributed by atoms with Gasteiger partial charge in [0, 0.05) is 19.4 Å². The highest BCUT2D eigenvalue weighted by molar-refractivity contribution is 7.47. The van der Waals surface area contributed by atoms with E-state index in [1.165, 1.54) is 135 Å². The fraction of sp³-hybridized carbons (Fsp3) is 0.826. The molecule has 0 saturated heterocycles. The Morgan fingerprint density at radius 3 is 1.48 bits per heavy atom. The minimum Gasteiger partial charge on any atom is -0.463 e. The van der Waals surface area contributed by atoms with E-state index in [0.717, 1.165) is 51.4 Å². The van der Waals surface area contributed by atoms with Crippen LogP contribution in [0.2, 0.25) is 0 Å². The summed E-state index contributed by atoms with van der Waals surface area (Å²) in [7, 11) is -4.41. The standard InChI is InChI=1S/C46H86NO8P/c1-3-5-7-9-11-13-15-17-18-19-20-21-22-23-24-25-26-27-29-31-33-35-37-39-46(50)53-42-44(48)43-55-56(51,52)54-41-40-47-45(49)38-36-34-32-30-28-16-14-12-10-8-6-4-2/h11,13,17-18,20-21,44,48H,3-10,12,14-16,19,22-43H2,1-2H3,(H,47,49)(H,51,52)/b13-11-,18-17-,21-20-. The number of rotatable bonds is 43. The first kappa shape index (κ1) is 54.2. The number of esters is 1. The fourth-order valence-corrected chi connectivity index (χ4v) is 7.09. The van der Waals surface area contributed by atoms with Crippen LogP contribution in [0.1, 0.15) is 213 Å². The first-order chi connectivity index (χ1) is 27.3.